The van der Waals surface area contributed by atoms with E-state index in [2.05, 4.69) is 5.32 Å². The highest BCUT2D eigenvalue weighted by molar-refractivity contribution is 5.98. The van der Waals surface area contributed by atoms with Crippen LogP contribution in [-0.4, -0.2) is 39.9 Å². The molecule has 0 saturated heterocycles. The fraction of sp³-hybridized carbons (Fsp3) is 0.273. The van der Waals surface area contributed by atoms with E-state index in [0.717, 1.165) is 0 Å². The van der Waals surface area contributed by atoms with Crippen molar-refractivity contribution in [1.82, 2.24) is 5.32 Å². The predicted molar refractivity (Wildman–Crippen MR) is 106 cm³/mol. The molecule has 1 atom stereocenters. The molecule has 1 amide bonds. The summed E-state index contributed by atoms with van der Waals surface area (Å²) in [5.41, 5.74) is 1.10. The maximum atomic E-state index is 12.3. The zero-order valence-electron chi connectivity index (χ0n) is 16.3. The lowest BCUT2D eigenvalue weighted by molar-refractivity contribution is -0.119. The molecule has 0 fully saturated rings. The van der Waals surface area contributed by atoms with Crippen molar-refractivity contribution in [3.63, 3.8) is 0 Å². The number of ketones is 1. The van der Waals surface area contributed by atoms with Crippen molar-refractivity contribution in [3.05, 3.63) is 70.3 Å². The molecule has 0 heterocycles. The molecule has 2 aromatic carbocycles. The van der Waals surface area contributed by atoms with Crippen molar-refractivity contribution in [1.29, 1.82) is 0 Å². The molecule has 0 aliphatic heterocycles. The number of carbonyl (C=O) groups is 4. The van der Waals surface area contributed by atoms with Gasteiger partial charge in [-0.3, -0.25) is 9.59 Å². The quantitative estimate of drug-likeness (QED) is 0.598. The summed E-state index contributed by atoms with van der Waals surface area (Å²) in [4.78, 5) is 47.0. The predicted octanol–water partition coefficient (Wildman–Crippen LogP) is 3.10. The molecule has 7 nitrogen and oxygen atoms in total. The van der Waals surface area contributed by atoms with Gasteiger partial charge in [0.15, 0.2) is 5.78 Å². The van der Waals surface area contributed by atoms with Crippen molar-refractivity contribution in [2.24, 2.45) is 0 Å². The van der Waals surface area contributed by atoms with Crippen LogP contribution < -0.4 is 5.32 Å². The summed E-state index contributed by atoms with van der Waals surface area (Å²) in [5.74, 6) is -2.91. The van der Waals surface area contributed by atoms with Crippen molar-refractivity contribution < 1.29 is 29.4 Å². The topological polar surface area (TPSA) is 121 Å². The smallest absolute Gasteiger partial charge is 0.335 e. The van der Waals surface area contributed by atoms with Crippen LogP contribution in [0.1, 0.15) is 62.0 Å². The molecule has 0 aliphatic carbocycles. The zero-order valence-corrected chi connectivity index (χ0v) is 16.3. The van der Waals surface area contributed by atoms with E-state index < -0.39 is 18.0 Å². The Kier molecular flexibility index (Phi) is 7.25. The van der Waals surface area contributed by atoms with E-state index in [-0.39, 0.29) is 28.4 Å². The van der Waals surface area contributed by atoms with Crippen LogP contribution in [0.15, 0.2) is 42.5 Å². The molecule has 7 heteroatoms. The standard InChI is InChI=1S/C22H23NO6/c1-13-17(21(26)27)11-15(12-18(13)22(28)29)7-6-10-19(14(2)24)23-20(25)16-8-4-3-5-9-16/h3-5,8-9,11-12,19H,6-7,10H2,1-2H3,(H,23,25)(H,26,27)(H,28,29). The number of carboxylic acids is 2. The second kappa shape index (κ2) is 9.64. The van der Waals surface area contributed by atoms with Crippen LogP contribution in [0.4, 0.5) is 0 Å². The normalized spacial score (nSPS) is 11.5. The van der Waals surface area contributed by atoms with E-state index in [1.807, 2.05) is 0 Å². The molecular weight excluding hydrogens is 374 g/mol. The minimum Gasteiger partial charge on any atom is -0.478 e. The Labute approximate surface area is 168 Å². The number of aromatic carboxylic acids is 2. The number of nitrogens with one attached hydrogen (secondary N) is 1. The first-order chi connectivity index (χ1) is 13.7. The van der Waals surface area contributed by atoms with Crippen LogP contribution in [0.5, 0.6) is 0 Å². The van der Waals surface area contributed by atoms with Crippen molar-refractivity contribution >= 4 is 23.6 Å². The van der Waals surface area contributed by atoms with Crippen molar-refractivity contribution in [3.8, 4) is 0 Å². The number of benzene rings is 2. The highest BCUT2D eigenvalue weighted by Crippen LogP contribution is 2.19. The van der Waals surface area contributed by atoms with Gasteiger partial charge in [-0.1, -0.05) is 18.2 Å². The Balaban J connectivity index is 2.08. The van der Waals surface area contributed by atoms with Crippen LogP contribution >= 0.6 is 0 Å². The fourth-order valence-corrected chi connectivity index (χ4v) is 3.08. The van der Waals surface area contributed by atoms with Gasteiger partial charge in [-0.25, -0.2) is 9.59 Å². The Hall–Kier alpha value is -3.48. The first kappa shape index (κ1) is 21.8. The monoisotopic (exact) mass is 397 g/mol. The summed E-state index contributed by atoms with van der Waals surface area (Å²) in [6.07, 6.45) is 1.21. The van der Waals surface area contributed by atoms with Gasteiger partial charge in [-0.05, 0) is 68.5 Å². The number of carbonyl (C=O) groups excluding carboxylic acids is 2. The summed E-state index contributed by atoms with van der Waals surface area (Å²) < 4.78 is 0. The third kappa shape index (κ3) is 5.75. The Morgan fingerprint density at radius 3 is 2.00 bits per heavy atom. The van der Waals surface area contributed by atoms with Gasteiger partial charge in [-0.15, -0.1) is 0 Å². The Bertz CT molecular complexity index is 901. The molecule has 2 rings (SSSR count). The fourth-order valence-electron chi connectivity index (χ4n) is 3.08. The molecule has 2 aromatic rings. The average molecular weight is 397 g/mol. The first-order valence-electron chi connectivity index (χ1n) is 9.17. The van der Waals surface area contributed by atoms with E-state index in [0.29, 0.717) is 30.4 Å². The summed E-state index contributed by atoms with van der Waals surface area (Å²) in [7, 11) is 0. The molecule has 0 radical (unpaired) electrons. The largest absolute Gasteiger partial charge is 0.478 e. The third-order valence-electron chi connectivity index (χ3n) is 4.72. The maximum Gasteiger partial charge on any atom is 0.335 e. The minimum absolute atomic E-state index is 0.0552. The lowest BCUT2D eigenvalue weighted by Crippen LogP contribution is -2.39. The lowest BCUT2D eigenvalue weighted by atomic mass is 9.95. The average Bonchev–Trinajstić information content (AvgIpc) is 2.68. The molecule has 152 valence electrons. The van der Waals surface area contributed by atoms with Gasteiger partial charge < -0.3 is 15.5 Å². The number of amides is 1. The molecule has 0 spiro atoms. The number of aryl methyl sites for hydroxylation is 1. The highest BCUT2D eigenvalue weighted by atomic mass is 16.4. The lowest BCUT2D eigenvalue weighted by Gasteiger charge is -2.16. The molecule has 0 aliphatic rings. The summed E-state index contributed by atoms with van der Waals surface area (Å²) in [6, 6.07) is 10.8. The minimum atomic E-state index is -1.19. The maximum absolute atomic E-state index is 12.3. The Morgan fingerprint density at radius 2 is 1.52 bits per heavy atom. The van der Waals surface area contributed by atoms with Gasteiger partial charge in [0.1, 0.15) is 0 Å². The molecule has 0 bridgehead atoms. The number of hydrogen-bond donors (Lipinski definition) is 3. The van der Waals surface area contributed by atoms with Crippen LogP contribution in [0.25, 0.3) is 0 Å². The van der Waals surface area contributed by atoms with Gasteiger partial charge in [0, 0.05) is 5.56 Å². The molecule has 3 N–H and O–H groups in total. The van der Waals surface area contributed by atoms with Crippen LogP contribution in [-0.2, 0) is 11.2 Å². The van der Waals surface area contributed by atoms with Crippen LogP contribution in [0.2, 0.25) is 0 Å². The van der Waals surface area contributed by atoms with Gasteiger partial charge in [0.2, 0.25) is 0 Å². The van der Waals surface area contributed by atoms with Gasteiger partial charge in [-0.2, -0.15) is 0 Å². The van der Waals surface area contributed by atoms with E-state index in [1.54, 1.807) is 30.3 Å². The van der Waals surface area contributed by atoms with Gasteiger partial charge >= 0.3 is 11.9 Å². The molecule has 1 unspecified atom stereocenters. The zero-order chi connectivity index (χ0) is 21.6. The second-order valence-corrected chi connectivity index (χ2v) is 6.82. The number of carboxylic acid groups (broad SMARTS) is 2. The third-order valence-corrected chi connectivity index (χ3v) is 4.72. The molecule has 29 heavy (non-hydrogen) atoms. The highest BCUT2D eigenvalue weighted by Gasteiger charge is 2.19. The Morgan fingerprint density at radius 1 is 0.966 bits per heavy atom. The molecule has 0 saturated carbocycles. The van der Waals surface area contributed by atoms with Crippen LogP contribution in [0, 0.1) is 6.92 Å². The first-order valence-corrected chi connectivity index (χ1v) is 9.17. The number of rotatable bonds is 9. The second-order valence-electron chi connectivity index (χ2n) is 6.82. The van der Waals surface area contributed by atoms with Crippen LogP contribution in [0.3, 0.4) is 0 Å². The number of hydrogen-bond acceptors (Lipinski definition) is 4. The van der Waals surface area contributed by atoms with E-state index in [9.17, 15) is 29.4 Å². The molecule has 0 aromatic heterocycles. The molecular formula is C22H23NO6. The summed E-state index contributed by atoms with van der Waals surface area (Å²) in [6.45, 7) is 2.86. The van der Waals surface area contributed by atoms with E-state index >= 15 is 0 Å². The summed E-state index contributed by atoms with van der Waals surface area (Å²) >= 11 is 0. The van der Waals surface area contributed by atoms with Crippen molar-refractivity contribution in [2.75, 3.05) is 0 Å². The van der Waals surface area contributed by atoms with E-state index in [1.165, 1.54) is 26.0 Å². The van der Waals surface area contributed by atoms with Crippen molar-refractivity contribution in [2.45, 2.75) is 39.2 Å². The summed E-state index contributed by atoms with van der Waals surface area (Å²) in [5, 5.41) is 21.3. The van der Waals surface area contributed by atoms with Gasteiger partial charge in [0.05, 0.1) is 17.2 Å². The van der Waals surface area contributed by atoms with Gasteiger partial charge in [0.25, 0.3) is 5.91 Å². The van der Waals surface area contributed by atoms with E-state index in [4.69, 9.17) is 0 Å². The SMILES string of the molecule is CC(=O)C(CCCc1cc(C(=O)O)c(C)c(C(=O)O)c1)NC(=O)c1ccccc1. The number of Topliss-reactive ketones (excluding diaryl/α,β-unsaturated/α-hetero) is 1.